The third kappa shape index (κ3) is 2.14. The number of H-pyrrole nitrogens is 1. The third-order valence-electron chi connectivity index (χ3n) is 2.04. The van der Waals surface area contributed by atoms with Crippen molar-refractivity contribution in [3.63, 3.8) is 0 Å². The summed E-state index contributed by atoms with van der Waals surface area (Å²) in [5.74, 6) is 0. The summed E-state index contributed by atoms with van der Waals surface area (Å²) in [5.41, 5.74) is -1.17. The van der Waals surface area contributed by atoms with Crippen LogP contribution in [0.4, 0.5) is 0 Å². The number of nitrogens with one attached hydrogen (secondary N) is 1. The molecule has 0 unspecified atom stereocenters. The van der Waals surface area contributed by atoms with Gasteiger partial charge >= 0.3 is 5.69 Å². The molecule has 2 rings (SSSR count). The highest BCUT2D eigenvalue weighted by Crippen LogP contribution is 2.33. The van der Waals surface area contributed by atoms with Gasteiger partial charge in [0, 0.05) is 12.3 Å². The van der Waals surface area contributed by atoms with Crippen LogP contribution >= 0.6 is 11.8 Å². The maximum absolute atomic E-state index is 11.4. The molecule has 0 aromatic carbocycles. The van der Waals surface area contributed by atoms with E-state index in [0.717, 1.165) is 0 Å². The van der Waals surface area contributed by atoms with E-state index < -0.39 is 11.2 Å². The molecule has 0 bridgehead atoms. The zero-order valence-corrected chi connectivity index (χ0v) is 8.57. The van der Waals surface area contributed by atoms with Gasteiger partial charge in [-0.15, -0.1) is 11.8 Å². The van der Waals surface area contributed by atoms with Gasteiger partial charge in [-0.1, -0.05) is 0 Å². The monoisotopic (exact) mass is 230 g/mol. The first kappa shape index (κ1) is 10.5. The van der Waals surface area contributed by atoms with Crippen molar-refractivity contribution in [2.45, 2.75) is 10.8 Å². The Kier molecular flexibility index (Phi) is 2.94. The summed E-state index contributed by atoms with van der Waals surface area (Å²) in [5, 5.41) is 8.66. The molecule has 0 radical (unpaired) electrons. The number of nitrogens with zero attached hydrogens (tertiary/aromatic N) is 1. The Morgan fingerprint density at radius 3 is 3.07 bits per heavy atom. The van der Waals surface area contributed by atoms with E-state index in [1.807, 2.05) is 0 Å². The van der Waals surface area contributed by atoms with Gasteiger partial charge in [0.1, 0.15) is 10.8 Å². The zero-order chi connectivity index (χ0) is 10.8. The second-order valence-electron chi connectivity index (χ2n) is 3.05. The van der Waals surface area contributed by atoms with Gasteiger partial charge in [0.2, 0.25) is 0 Å². The number of hydrogen-bond donors (Lipinski definition) is 2. The normalized spacial score (nSPS) is 25.7. The molecule has 1 saturated heterocycles. The molecule has 0 amide bonds. The Bertz CT molecular complexity index is 454. The first-order valence-electron chi connectivity index (χ1n) is 4.40. The number of aromatic amines is 1. The predicted molar refractivity (Wildman–Crippen MR) is 54.8 cm³/mol. The highest BCUT2D eigenvalue weighted by molar-refractivity contribution is 8.00. The van der Waals surface area contributed by atoms with Gasteiger partial charge in [-0.25, -0.2) is 4.79 Å². The molecule has 1 aliphatic heterocycles. The van der Waals surface area contributed by atoms with E-state index >= 15 is 0 Å². The van der Waals surface area contributed by atoms with Crippen molar-refractivity contribution >= 4 is 11.8 Å². The van der Waals surface area contributed by atoms with Gasteiger partial charge in [-0.2, -0.15) is 0 Å². The number of hydrogen-bond acceptors (Lipinski definition) is 5. The second-order valence-corrected chi connectivity index (χ2v) is 4.40. The van der Waals surface area contributed by atoms with E-state index in [1.165, 1.54) is 28.6 Å². The minimum atomic E-state index is -0.456. The lowest BCUT2D eigenvalue weighted by Crippen LogP contribution is -2.30. The molecule has 0 spiro atoms. The van der Waals surface area contributed by atoms with Crippen LogP contribution in [0.2, 0.25) is 0 Å². The molecule has 82 valence electrons. The van der Waals surface area contributed by atoms with Crippen LogP contribution in [0.15, 0.2) is 21.9 Å². The molecule has 2 atom stereocenters. The van der Waals surface area contributed by atoms with Gasteiger partial charge in [0.15, 0.2) is 0 Å². The molecular formula is C8H10N2O4S. The van der Waals surface area contributed by atoms with Gasteiger partial charge in [0.05, 0.1) is 13.2 Å². The summed E-state index contributed by atoms with van der Waals surface area (Å²) in [4.78, 5) is 24.4. The first-order chi connectivity index (χ1) is 7.20. The van der Waals surface area contributed by atoms with Crippen molar-refractivity contribution in [1.29, 1.82) is 0 Å². The highest BCUT2D eigenvalue weighted by atomic mass is 32.2. The minimum Gasteiger partial charge on any atom is -0.393 e. The van der Waals surface area contributed by atoms with Crippen LogP contribution in [0.25, 0.3) is 0 Å². The topological polar surface area (TPSA) is 84.3 Å². The van der Waals surface area contributed by atoms with Gasteiger partial charge < -0.3 is 9.84 Å². The number of aliphatic hydroxyl groups excluding tert-OH is 1. The molecule has 1 aromatic heterocycles. The molecule has 1 aromatic rings. The number of rotatable bonds is 2. The van der Waals surface area contributed by atoms with Crippen LogP contribution in [0, 0.1) is 0 Å². The number of thioether (sulfide) groups is 1. The van der Waals surface area contributed by atoms with E-state index in [2.05, 4.69) is 4.98 Å². The van der Waals surface area contributed by atoms with Crippen molar-refractivity contribution < 1.29 is 9.84 Å². The van der Waals surface area contributed by atoms with Crippen molar-refractivity contribution in [1.82, 2.24) is 9.55 Å². The molecule has 2 heterocycles. The largest absolute Gasteiger partial charge is 0.393 e. The minimum absolute atomic E-state index is 0.0841. The molecule has 0 saturated carbocycles. The van der Waals surface area contributed by atoms with Gasteiger partial charge in [-0.05, 0) is 0 Å². The Morgan fingerprint density at radius 1 is 1.67 bits per heavy atom. The highest BCUT2D eigenvalue weighted by Gasteiger charge is 2.27. The average Bonchev–Trinajstić information content (AvgIpc) is 2.66. The van der Waals surface area contributed by atoms with Crippen molar-refractivity contribution in [3.8, 4) is 0 Å². The Labute approximate surface area is 88.9 Å². The molecule has 2 N–H and O–H groups in total. The fourth-order valence-electron chi connectivity index (χ4n) is 1.34. The van der Waals surface area contributed by atoms with Crippen LogP contribution in [-0.2, 0) is 4.74 Å². The third-order valence-corrected chi connectivity index (χ3v) is 3.31. The summed E-state index contributed by atoms with van der Waals surface area (Å²) in [7, 11) is 0. The zero-order valence-electron chi connectivity index (χ0n) is 7.75. The van der Waals surface area contributed by atoms with Crippen LogP contribution in [0.3, 0.4) is 0 Å². The second kappa shape index (κ2) is 4.21. The summed E-state index contributed by atoms with van der Waals surface area (Å²) in [6, 6.07) is 1.29. The molecular weight excluding hydrogens is 220 g/mol. The fourth-order valence-corrected chi connectivity index (χ4v) is 2.39. The Balaban J connectivity index is 2.24. The number of aliphatic hydroxyl groups is 1. The quantitative estimate of drug-likeness (QED) is 0.689. The van der Waals surface area contributed by atoms with Gasteiger partial charge in [-0.3, -0.25) is 14.3 Å². The van der Waals surface area contributed by atoms with E-state index in [0.29, 0.717) is 6.61 Å². The van der Waals surface area contributed by atoms with E-state index in [9.17, 15) is 9.59 Å². The summed E-state index contributed by atoms with van der Waals surface area (Å²) >= 11 is 1.35. The molecule has 0 aliphatic carbocycles. The summed E-state index contributed by atoms with van der Waals surface area (Å²) in [6.07, 6.45) is 1.43. The lowest BCUT2D eigenvalue weighted by molar-refractivity contribution is 0.0803. The summed E-state index contributed by atoms with van der Waals surface area (Å²) in [6.45, 7) is 0.265. The van der Waals surface area contributed by atoms with Gasteiger partial charge in [0.25, 0.3) is 5.56 Å². The van der Waals surface area contributed by atoms with E-state index in [4.69, 9.17) is 9.84 Å². The Hall–Kier alpha value is -1.05. The maximum Gasteiger partial charge on any atom is 0.329 e. The Morgan fingerprint density at radius 2 is 2.47 bits per heavy atom. The van der Waals surface area contributed by atoms with Crippen LogP contribution in [0.5, 0.6) is 0 Å². The predicted octanol–water partition coefficient (Wildman–Crippen LogP) is -0.883. The lowest BCUT2D eigenvalue weighted by atomic mass is 10.6. The maximum atomic E-state index is 11.4. The smallest absolute Gasteiger partial charge is 0.329 e. The number of aromatic nitrogens is 2. The first-order valence-corrected chi connectivity index (χ1v) is 5.34. The van der Waals surface area contributed by atoms with E-state index in [-0.39, 0.29) is 17.4 Å². The summed E-state index contributed by atoms with van der Waals surface area (Å²) < 4.78 is 6.61. The molecule has 1 fully saturated rings. The SMILES string of the molecule is O=c1ccn([C@@H]2CO[C@@H](CO)S2)c(=O)[nH]1. The number of ether oxygens (including phenoxy) is 1. The lowest BCUT2D eigenvalue weighted by Gasteiger charge is -2.09. The van der Waals surface area contributed by atoms with Crippen molar-refractivity contribution in [2.24, 2.45) is 0 Å². The van der Waals surface area contributed by atoms with Crippen molar-refractivity contribution in [3.05, 3.63) is 33.1 Å². The molecule has 7 heteroatoms. The van der Waals surface area contributed by atoms with Crippen LogP contribution < -0.4 is 11.2 Å². The van der Waals surface area contributed by atoms with Crippen LogP contribution in [-0.4, -0.2) is 33.3 Å². The molecule has 15 heavy (non-hydrogen) atoms. The van der Waals surface area contributed by atoms with Crippen molar-refractivity contribution in [2.75, 3.05) is 13.2 Å². The standard InChI is InChI=1S/C8H10N2O4S/c11-3-7-14-4-6(15-7)10-2-1-5(12)9-8(10)13/h1-2,6-7,11H,3-4H2,(H,9,12,13)/t6-,7+/m0/s1. The molecule has 1 aliphatic rings. The fraction of sp³-hybridized carbons (Fsp3) is 0.500. The van der Waals surface area contributed by atoms with E-state index in [1.54, 1.807) is 0 Å². The van der Waals surface area contributed by atoms with Crippen LogP contribution in [0.1, 0.15) is 5.37 Å². The molecule has 6 nitrogen and oxygen atoms in total. The average molecular weight is 230 g/mol.